The molecule has 1 aliphatic rings. The Morgan fingerprint density at radius 2 is 1.60 bits per heavy atom. The maximum atomic E-state index is 12.9. The molecule has 0 saturated carbocycles. The molecule has 1 atom stereocenters. The van der Waals surface area contributed by atoms with Crippen molar-refractivity contribution in [2.75, 3.05) is 40.4 Å². The minimum Gasteiger partial charge on any atom is -0.497 e. The van der Waals surface area contributed by atoms with Crippen LogP contribution in [0.25, 0.3) is 0 Å². The molecule has 0 unspecified atom stereocenters. The van der Waals surface area contributed by atoms with Gasteiger partial charge in [0.1, 0.15) is 11.5 Å². The molecular weight excluding hydrogens is 406 g/mol. The van der Waals surface area contributed by atoms with Gasteiger partial charge >= 0.3 is 0 Å². The monoisotopic (exact) mass is 433 g/mol. The lowest BCUT2D eigenvalue weighted by Gasteiger charge is -2.36. The molecule has 30 heavy (non-hydrogen) atoms. The maximum Gasteiger partial charge on any atom is 0.257 e. The maximum absolute atomic E-state index is 12.9. The van der Waals surface area contributed by atoms with Crippen LogP contribution in [0.4, 0.5) is 0 Å². The van der Waals surface area contributed by atoms with E-state index >= 15 is 0 Å². The lowest BCUT2D eigenvalue weighted by molar-refractivity contribution is -0.134. The molecule has 0 bridgehead atoms. The summed E-state index contributed by atoms with van der Waals surface area (Å²) in [4.78, 5) is 29.1. The van der Waals surface area contributed by atoms with Crippen LogP contribution in [0.1, 0.15) is 15.9 Å². The second-order valence-corrected chi connectivity index (χ2v) is 6.98. The first-order chi connectivity index (χ1) is 14.0. The zero-order valence-electron chi connectivity index (χ0n) is 17.2. The van der Waals surface area contributed by atoms with Gasteiger partial charge in [-0.05, 0) is 24.1 Å². The Morgan fingerprint density at radius 3 is 2.20 bits per heavy atom. The number of carbonyl (C=O) groups is 2. The molecule has 0 radical (unpaired) electrons. The Hall–Kier alpha value is -2.77. The summed E-state index contributed by atoms with van der Waals surface area (Å²) in [6.45, 7) is 1.84. The fourth-order valence-electron chi connectivity index (χ4n) is 3.47. The molecule has 1 heterocycles. The standard InChI is InChI=1S/C22H27N3O4.ClH/c1-28-17-8-9-18(20(15-17)29-2)21(26)24-10-12-25(13-11-24)22(27)19(23)14-16-6-4-3-5-7-16;/h3-9,15,19H,10-14,23H2,1-2H3;1H/t19-;/m0./s1. The summed E-state index contributed by atoms with van der Waals surface area (Å²) < 4.78 is 10.5. The van der Waals surface area contributed by atoms with Crippen LogP contribution in [-0.2, 0) is 11.2 Å². The second-order valence-electron chi connectivity index (χ2n) is 6.98. The van der Waals surface area contributed by atoms with Crippen molar-refractivity contribution in [3.05, 3.63) is 59.7 Å². The van der Waals surface area contributed by atoms with Gasteiger partial charge in [0.15, 0.2) is 0 Å². The zero-order valence-corrected chi connectivity index (χ0v) is 18.1. The van der Waals surface area contributed by atoms with E-state index in [9.17, 15) is 9.59 Å². The molecule has 1 aliphatic heterocycles. The molecule has 2 amide bonds. The van der Waals surface area contributed by atoms with Crippen molar-refractivity contribution in [2.45, 2.75) is 12.5 Å². The molecule has 1 fully saturated rings. The summed E-state index contributed by atoms with van der Waals surface area (Å²) >= 11 is 0. The van der Waals surface area contributed by atoms with Gasteiger partial charge in [-0.15, -0.1) is 12.4 Å². The van der Waals surface area contributed by atoms with Crippen molar-refractivity contribution in [1.82, 2.24) is 9.80 Å². The Morgan fingerprint density at radius 1 is 0.967 bits per heavy atom. The lowest BCUT2D eigenvalue weighted by atomic mass is 10.1. The second kappa shape index (κ2) is 10.8. The van der Waals surface area contributed by atoms with Crippen LogP contribution in [0, 0.1) is 0 Å². The number of hydrogen-bond acceptors (Lipinski definition) is 5. The van der Waals surface area contributed by atoms with E-state index in [4.69, 9.17) is 15.2 Å². The van der Waals surface area contributed by atoms with Crippen molar-refractivity contribution in [3.8, 4) is 11.5 Å². The molecule has 2 aromatic rings. The van der Waals surface area contributed by atoms with Gasteiger partial charge in [-0.1, -0.05) is 30.3 Å². The first kappa shape index (κ1) is 23.5. The Kier molecular flexibility index (Phi) is 8.50. The van der Waals surface area contributed by atoms with Crippen LogP contribution in [0.2, 0.25) is 0 Å². The predicted octanol–water partition coefficient (Wildman–Crippen LogP) is 1.98. The number of halogens is 1. The average molecular weight is 434 g/mol. The Balaban J connectivity index is 0.00000320. The number of nitrogens with zero attached hydrogens (tertiary/aromatic N) is 2. The van der Waals surface area contributed by atoms with Gasteiger partial charge in [0, 0.05) is 32.2 Å². The molecule has 0 aromatic heterocycles. The van der Waals surface area contributed by atoms with Crippen molar-refractivity contribution >= 4 is 24.2 Å². The van der Waals surface area contributed by atoms with Crippen LogP contribution >= 0.6 is 12.4 Å². The number of carbonyl (C=O) groups excluding carboxylic acids is 2. The van der Waals surface area contributed by atoms with E-state index in [-0.39, 0.29) is 24.2 Å². The van der Waals surface area contributed by atoms with E-state index in [0.29, 0.717) is 49.7 Å². The summed E-state index contributed by atoms with van der Waals surface area (Å²) in [5.41, 5.74) is 7.65. The normalized spacial score (nSPS) is 14.5. The van der Waals surface area contributed by atoms with Crippen LogP contribution in [0.15, 0.2) is 48.5 Å². The van der Waals surface area contributed by atoms with E-state index in [0.717, 1.165) is 5.56 Å². The number of piperazine rings is 1. The van der Waals surface area contributed by atoms with E-state index in [1.165, 1.54) is 7.11 Å². The number of ether oxygens (including phenoxy) is 2. The molecule has 3 rings (SSSR count). The number of hydrogen-bond donors (Lipinski definition) is 1. The number of amides is 2. The smallest absolute Gasteiger partial charge is 0.257 e. The van der Waals surface area contributed by atoms with E-state index in [2.05, 4.69) is 0 Å². The van der Waals surface area contributed by atoms with Crippen molar-refractivity contribution in [3.63, 3.8) is 0 Å². The first-order valence-electron chi connectivity index (χ1n) is 9.63. The van der Waals surface area contributed by atoms with Gasteiger partial charge in [-0.2, -0.15) is 0 Å². The van der Waals surface area contributed by atoms with Crippen LogP contribution < -0.4 is 15.2 Å². The Labute approximate surface area is 183 Å². The molecule has 162 valence electrons. The van der Waals surface area contributed by atoms with Gasteiger partial charge in [-0.3, -0.25) is 9.59 Å². The van der Waals surface area contributed by atoms with E-state index in [1.807, 2.05) is 30.3 Å². The molecular formula is C22H28ClN3O4. The number of rotatable bonds is 6. The van der Waals surface area contributed by atoms with Crippen molar-refractivity contribution in [2.24, 2.45) is 5.73 Å². The fraction of sp³-hybridized carbons (Fsp3) is 0.364. The highest BCUT2D eigenvalue weighted by molar-refractivity contribution is 5.97. The third-order valence-electron chi connectivity index (χ3n) is 5.13. The van der Waals surface area contributed by atoms with Gasteiger partial charge in [-0.25, -0.2) is 0 Å². The SMILES string of the molecule is COc1ccc(C(=O)N2CCN(C(=O)[C@@H](N)Cc3ccccc3)CC2)c(OC)c1.Cl. The molecule has 2 aromatic carbocycles. The van der Waals surface area contributed by atoms with Gasteiger partial charge in [0.05, 0.1) is 25.8 Å². The number of benzene rings is 2. The molecule has 1 saturated heterocycles. The average Bonchev–Trinajstić information content (AvgIpc) is 2.78. The third kappa shape index (κ3) is 5.43. The van der Waals surface area contributed by atoms with Crippen LogP contribution in [0.5, 0.6) is 11.5 Å². The highest BCUT2D eigenvalue weighted by Gasteiger charge is 2.28. The summed E-state index contributed by atoms with van der Waals surface area (Å²) in [6.07, 6.45) is 0.502. The van der Waals surface area contributed by atoms with Gasteiger partial charge in [0.2, 0.25) is 5.91 Å². The number of methoxy groups -OCH3 is 2. The highest BCUT2D eigenvalue weighted by atomic mass is 35.5. The zero-order chi connectivity index (χ0) is 20.8. The summed E-state index contributed by atoms with van der Waals surface area (Å²) in [6, 6.07) is 14.3. The minimum absolute atomic E-state index is 0. The molecule has 0 aliphatic carbocycles. The Bertz CT molecular complexity index is 855. The van der Waals surface area contributed by atoms with Crippen molar-refractivity contribution < 1.29 is 19.1 Å². The molecule has 0 spiro atoms. The largest absolute Gasteiger partial charge is 0.497 e. The van der Waals surface area contributed by atoms with Crippen LogP contribution in [0.3, 0.4) is 0 Å². The number of nitrogens with two attached hydrogens (primary N) is 1. The third-order valence-corrected chi connectivity index (χ3v) is 5.13. The lowest BCUT2D eigenvalue weighted by Crippen LogP contribution is -2.54. The van der Waals surface area contributed by atoms with Crippen LogP contribution in [-0.4, -0.2) is 68.1 Å². The molecule has 7 nitrogen and oxygen atoms in total. The fourth-order valence-corrected chi connectivity index (χ4v) is 3.47. The van der Waals surface area contributed by atoms with Gasteiger partial charge in [0.25, 0.3) is 5.91 Å². The topological polar surface area (TPSA) is 85.1 Å². The summed E-state index contributed by atoms with van der Waals surface area (Å²) in [5, 5.41) is 0. The quantitative estimate of drug-likeness (QED) is 0.752. The first-order valence-corrected chi connectivity index (χ1v) is 9.63. The predicted molar refractivity (Wildman–Crippen MR) is 117 cm³/mol. The molecule has 2 N–H and O–H groups in total. The van der Waals surface area contributed by atoms with E-state index < -0.39 is 6.04 Å². The summed E-state index contributed by atoms with van der Waals surface area (Å²) in [7, 11) is 3.09. The minimum atomic E-state index is -0.582. The van der Waals surface area contributed by atoms with E-state index in [1.54, 1.807) is 35.1 Å². The highest BCUT2D eigenvalue weighted by Crippen LogP contribution is 2.26. The molecule has 8 heteroatoms. The van der Waals surface area contributed by atoms with Crippen molar-refractivity contribution in [1.29, 1.82) is 0 Å². The van der Waals surface area contributed by atoms with Gasteiger partial charge < -0.3 is 25.0 Å². The summed E-state index contributed by atoms with van der Waals surface area (Å²) in [5.74, 6) is 0.895.